The normalized spacial score (nSPS) is 13.9. The van der Waals surface area contributed by atoms with Crippen molar-refractivity contribution in [3.63, 3.8) is 0 Å². The van der Waals surface area contributed by atoms with Crippen LogP contribution in [0.1, 0.15) is 239 Å². The first kappa shape index (κ1) is 60.0. The van der Waals surface area contributed by atoms with Crippen LogP contribution in [0.3, 0.4) is 0 Å². The third-order valence-electron chi connectivity index (χ3n) is 11.6. The van der Waals surface area contributed by atoms with E-state index in [4.69, 9.17) is 4.74 Å². The molecule has 0 bridgehead atoms. The Balaban J connectivity index is 4.64. The quantitative estimate of drug-likeness (QED) is 0.0245. The summed E-state index contributed by atoms with van der Waals surface area (Å²) in [5, 5.41) is 23.8. The molecule has 0 rings (SSSR count). The van der Waals surface area contributed by atoms with E-state index in [2.05, 4.69) is 92.9 Å². The van der Waals surface area contributed by atoms with Gasteiger partial charge in [-0.05, 0) is 77.0 Å². The van der Waals surface area contributed by atoms with E-state index in [1.165, 1.54) is 77.0 Å². The third kappa shape index (κ3) is 45.4. The second-order valence-electron chi connectivity index (χ2n) is 17.6. The van der Waals surface area contributed by atoms with Crippen molar-refractivity contribution >= 4 is 11.9 Å². The number of nitrogens with one attached hydrogen (secondary N) is 1. The zero-order valence-corrected chi connectivity index (χ0v) is 41.2. The highest BCUT2D eigenvalue weighted by Gasteiger charge is 2.24. The number of hydrogen-bond donors (Lipinski definition) is 3. The van der Waals surface area contributed by atoms with Gasteiger partial charge in [0.2, 0.25) is 5.91 Å². The van der Waals surface area contributed by atoms with Gasteiger partial charge in [-0.2, -0.15) is 0 Å². The molecule has 362 valence electrons. The summed E-state index contributed by atoms with van der Waals surface area (Å²) in [5.41, 5.74) is 0. The molecule has 0 aliphatic carbocycles. The van der Waals surface area contributed by atoms with Crippen LogP contribution in [0.25, 0.3) is 0 Å². The molecule has 0 saturated heterocycles. The van der Waals surface area contributed by atoms with Crippen LogP contribution in [0.5, 0.6) is 0 Å². The van der Waals surface area contributed by atoms with Gasteiger partial charge in [-0.15, -0.1) is 0 Å². The number of allylic oxidation sites excluding steroid dienone is 14. The van der Waals surface area contributed by atoms with Crippen LogP contribution in [-0.2, 0) is 14.3 Å². The van der Waals surface area contributed by atoms with E-state index < -0.39 is 18.2 Å². The van der Waals surface area contributed by atoms with Crippen LogP contribution < -0.4 is 5.32 Å². The van der Waals surface area contributed by atoms with Crippen molar-refractivity contribution in [3.8, 4) is 0 Å². The molecule has 0 spiro atoms. The molecule has 3 unspecified atom stereocenters. The molecular weight excluding hydrogens is 779 g/mol. The van der Waals surface area contributed by atoms with Gasteiger partial charge in [-0.25, -0.2) is 0 Å². The number of carbonyl (C=O) groups is 2. The Morgan fingerprint density at radius 1 is 0.492 bits per heavy atom. The number of unbranched alkanes of at least 4 members (excludes halogenated alkanes) is 23. The van der Waals surface area contributed by atoms with E-state index >= 15 is 0 Å². The maximum absolute atomic E-state index is 13.2. The van der Waals surface area contributed by atoms with Gasteiger partial charge in [-0.3, -0.25) is 9.59 Å². The van der Waals surface area contributed by atoms with E-state index in [0.717, 1.165) is 116 Å². The molecule has 0 fully saturated rings. The summed E-state index contributed by atoms with van der Waals surface area (Å²) >= 11 is 0. The molecule has 63 heavy (non-hydrogen) atoms. The van der Waals surface area contributed by atoms with Crippen LogP contribution in [0.4, 0.5) is 0 Å². The molecule has 6 nitrogen and oxygen atoms in total. The Morgan fingerprint density at radius 3 is 1.49 bits per heavy atom. The Hall–Kier alpha value is -2.96. The molecule has 0 heterocycles. The predicted molar refractivity (Wildman–Crippen MR) is 273 cm³/mol. The minimum absolute atomic E-state index is 0.0489. The van der Waals surface area contributed by atoms with Crippen LogP contribution in [0.2, 0.25) is 0 Å². The van der Waals surface area contributed by atoms with E-state index in [1.807, 2.05) is 18.2 Å². The van der Waals surface area contributed by atoms with Gasteiger partial charge < -0.3 is 20.3 Å². The third-order valence-corrected chi connectivity index (χ3v) is 11.6. The second kappa shape index (κ2) is 50.0. The molecule has 0 aromatic rings. The number of carbonyl (C=O) groups excluding carboxylic acids is 2. The monoisotopic (exact) mass is 878 g/mol. The molecule has 0 saturated carbocycles. The first-order valence-corrected chi connectivity index (χ1v) is 26.4. The fourth-order valence-corrected chi connectivity index (χ4v) is 7.63. The lowest BCUT2D eigenvalue weighted by Crippen LogP contribution is -2.46. The van der Waals surface area contributed by atoms with Gasteiger partial charge in [0, 0.05) is 6.42 Å². The predicted octanol–water partition coefficient (Wildman–Crippen LogP) is 16.0. The van der Waals surface area contributed by atoms with Crippen molar-refractivity contribution in [3.05, 3.63) is 85.1 Å². The first-order chi connectivity index (χ1) is 31.0. The molecule has 6 heteroatoms. The van der Waals surface area contributed by atoms with Crippen LogP contribution in [0.15, 0.2) is 85.1 Å². The van der Waals surface area contributed by atoms with Gasteiger partial charge in [0.15, 0.2) is 0 Å². The summed E-state index contributed by atoms with van der Waals surface area (Å²) in [6.07, 6.45) is 64.9. The van der Waals surface area contributed by atoms with Gasteiger partial charge >= 0.3 is 5.97 Å². The maximum atomic E-state index is 13.2. The number of amides is 1. The lowest BCUT2D eigenvalue weighted by atomic mass is 10.0. The highest BCUT2D eigenvalue weighted by atomic mass is 16.5. The standard InChI is InChI=1S/C57H99NO5/c1-4-7-10-13-16-19-22-25-28-31-34-37-40-43-46-49-55(60)54(52-59)58-56(61)51-53(48-45-42-39-36-33-30-27-24-21-18-15-12-9-6-3)63-57(62)50-47-44-41-38-35-32-29-26-23-20-17-14-11-8-5-2/h8-9,11-12,14,17-18,20-21,23,26-27,29-30,53-55,59-60H,4-7,10,13,15-16,19,22,24-25,28,31-52H2,1-3H3,(H,58,61)/b11-8+,12-9+,17-14+,21-18+,23-20+,29-26-,30-27+. The lowest BCUT2D eigenvalue weighted by molar-refractivity contribution is -0.151. The van der Waals surface area contributed by atoms with Crippen LogP contribution in [-0.4, -0.2) is 46.9 Å². The average molecular weight is 878 g/mol. The first-order valence-electron chi connectivity index (χ1n) is 26.4. The molecule has 1 amide bonds. The minimum atomic E-state index is -0.803. The van der Waals surface area contributed by atoms with E-state index in [1.54, 1.807) is 0 Å². The number of hydrogen-bond acceptors (Lipinski definition) is 5. The summed E-state index contributed by atoms with van der Waals surface area (Å²) in [6, 6.07) is -0.718. The summed E-state index contributed by atoms with van der Waals surface area (Å²) < 4.78 is 5.92. The molecule has 0 aliphatic heterocycles. The van der Waals surface area contributed by atoms with Crippen LogP contribution >= 0.6 is 0 Å². The molecule has 0 aromatic heterocycles. The fraction of sp³-hybridized carbons (Fsp3) is 0.719. The zero-order valence-electron chi connectivity index (χ0n) is 41.2. The largest absolute Gasteiger partial charge is 0.462 e. The molecule has 3 atom stereocenters. The summed E-state index contributed by atoms with van der Waals surface area (Å²) in [7, 11) is 0. The zero-order chi connectivity index (χ0) is 45.9. The van der Waals surface area contributed by atoms with E-state index in [9.17, 15) is 19.8 Å². The van der Waals surface area contributed by atoms with Crippen LogP contribution in [0, 0.1) is 0 Å². The lowest BCUT2D eigenvalue weighted by Gasteiger charge is -2.24. The number of aliphatic hydroxyl groups excluding tert-OH is 2. The summed E-state index contributed by atoms with van der Waals surface area (Å²) in [6.45, 7) is 6.23. The Morgan fingerprint density at radius 2 is 0.937 bits per heavy atom. The van der Waals surface area contributed by atoms with Crippen molar-refractivity contribution in [2.45, 2.75) is 257 Å². The Bertz CT molecular complexity index is 1210. The molecule has 0 radical (unpaired) electrons. The van der Waals surface area contributed by atoms with Gasteiger partial charge in [0.1, 0.15) is 6.10 Å². The molecule has 0 aromatic carbocycles. The number of rotatable bonds is 46. The van der Waals surface area contributed by atoms with Crippen molar-refractivity contribution in [2.24, 2.45) is 0 Å². The highest BCUT2D eigenvalue weighted by molar-refractivity contribution is 5.77. The van der Waals surface area contributed by atoms with Crippen molar-refractivity contribution in [2.75, 3.05) is 6.61 Å². The Labute approximate surface area is 389 Å². The summed E-state index contributed by atoms with van der Waals surface area (Å²) in [4.78, 5) is 26.2. The van der Waals surface area contributed by atoms with E-state index in [0.29, 0.717) is 19.3 Å². The fourth-order valence-electron chi connectivity index (χ4n) is 7.63. The number of ether oxygens (including phenoxy) is 1. The maximum Gasteiger partial charge on any atom is 0.306 e. The smallest absolute Gasteiger partial charge is 0.306 e. The average Bonchev–Trinajstić information content (AvgIpc) is 3.28. The SMILES string of the molecule is CC/C=C/C=C/C=C/C=C\CCCCCCCC(=O)OC(CCCCCC/C=C/C/C=C/C/C=C/CC)CC(=O)NC(CO)C(O)CCCCCCCCCCCCCCCCC. The topological polar surface area (TPSA) is 95.9 Å². The summed E-state index contributed by atoms with van der Waals surface area (Å²) in [5.74, 6) is -0.526. The van der Waals surface area contributed by atoms with Gasteiger partial charge in [0.25, 0.3) is 0 Å². The van der Waals surface area contributed by atoms with Crippen molar-refractivity contribution < 1.29 is 24.5 Å². The number of aliphatic hydroxyl groups is 2. The molecular formula is C57H99NO5. The second-order valence-corrected chi connectivity index (χ2v) is 17.6. The molecule has 3 N–H and O–H groups in total. The van der Waals surface area contributed by atoms with Crippen molar-refractivity contribution in [1.82, 2.24) is 5.32 Å². The number of esters is 1. The van der Waals surface area contributed by atoms with Gasteiger partial charge in [-0.1, -0.05) is 234 Å². The highest BCUT2D eigenvalue weighted by Crippen LogP contribution is 2.18. The minimum Gasteiger partial charge on any atom is -0.462 e. The molecule has 0 aliphatic rings. The van der Waals surface area contributed by atoms with E-state index in [-0.39, 0.29) is 24.9 Å². The Kier molecular flexibility index (Phi) is 47.7. The van der Waals surface area contributed by atoms with Crippen molar-refractivity contribution in [1.29, 1.82) is 0 Å². The van der Waals surface area contributed by atoms with Gasteiger partial charge in [0.05, 0.1) is 25.2 Å².